The molecule has 3 heterocycles. The summed E-state index contributed by atoms with van der Waals surface area (Å²) in [6.45, 7) is 3.19. The predicted molar refractivity (Wildman–Crippen MR) is 85.2 cm³/mol. The van der Waals surface area contributed by atoms with Crippen molar-refractivity contribution in [2.45, 2.75) is 51.2 Å². The number of aliphatic hydroxyl groups is 1. The van der Waals surface area contributed by atoms with Crippen molar-refractivity contribution in [3.8, 4) is 0 Å². The Hall–Kier alpha value is -2.04. The average Bonchev–Trinajstić information content (AvgIpc) is 3.03. The molecular weight excluding hydrogens is 336 g/mol. The van der Waals surface area contributed by atoms with Gasteiger partial charge in [0, 0.05) is 13.3 Å². The fourth-order valence-electron chi connectivity index (χ4n) is 2.89. The van der Waals surface area contributed by atoms with E-state index in [4.69, 9.17) is 15.2 Å². The summed E-state index contributed by atoms with van der Waals surface area (Å²) in [5.41, 5.74) is 6.00. The number of fused-ring (bicyclic) bond motifs is 1. The zero-order valence-corrected chi connectivity index (χ0v) is 14.1. The summed E-state index contributed by atoms with van der Waals surface area (Å²) in [5, 5.41) is 10.4. The maximum absolute atomic E-state index is 12.3. The second-order valence-electron chi connectivity index (χ2n) is 5.64. The zero-order valence-electron chi connectivity index (χ0n) is 13.3. The van der Waals surface area contributed by atoms with Crippen LogP contribution in [0.5, 0.6) is 0 Å². The van der Waals surface area contributed by atoms with Gasteiger partial charge in [-0.15, -0.1) is 0 Å². The molecule has 1 saturated heterocycles. The van der Waals surface area contributed by atoms with Gasteiger partial charge in [-0.05, 0) is 6.42 Å². The number of nitrogens with two attached hydrogens (primary N) is 1. The predicted octanol–water partition coefficient (Wildman–Crippen LogP) is -0.156. The molecule has 2 aromatic heterocycles. The van der Waals surface area contributed by atoms with E-state index in [1.54, 1.807) is 6.20 Å². The molecule has 2 aromatic rings. The highest BCUT2D eigenvalue weighted by Crippen LogP contribution is 2.33. The van der Waals surface area contributed by atoms with Crippen LogP contribution in [0.2, 0.25) is 0 Å². The Morgan fingerprint density at radius 2 is 2.46 bits per heavy atom. The third-order valence-corrected chi connectivity index (χ3v) is 4.82. The molecule has 0 aromatic carbocycles. The van der Waals surface area contributed by atoms with Crippen LogP contribution in [0.15, 0.2) is 11.0 Å². The number of hydrogen-bond donors (Lipinski definition) is 2. The van der Waals surface area contributed by atoms with E-state index in [1.807, 2.05) is 6.92 Å². The zero-order chi connectivity index (χ0) is 17.4. The van der Waals surface area contributed by atoms with Crippen LogP contribution < -0.4 is 15.6 Å². The number of carbonyl (C=O) groups is 1. The Balaban J connectivity index is 1.93. The molecule has 0 spiro atoms. The summed E-state index contributed by atoms with van der Waals surface area (Å²) < 4.78 is 13.0. The number of carbonyl (C=O) groups excluding carboxylic acids is 1. The molecule has 0 radical (unpaired) electrons. The molecule has 130 valence electrons. The van der Waals surface area contributed by atoms with Crippen molar-refractivity contribution in [2.75, 3.05) is 5.73 Å². The number of nitrogens with zero attached hydrogens (tertiary/aromatic N) is 2. The Bertz CT molecular complexity index is 819. The molecule has 3 rings (SSSR count). The summed E-state index contributed by atoms with van der Waals surface area (Å²) in [7, 11) is 0. The number of nitrogens with one attached hydrogen (secondary N) is 1. The lowest BCUT2D eigenvalue weighted by Gasteiger charge is -2.22. The van der Waals surface area contributed by atoms with Gasteiger partial charge in [0.15, 0.2) is 6.23 Å². The number of aromatic nitrogens is 3. The average molecular weight is 355 g/mol. The lowest BCUT2D eigenvalue weighted by molar-refractivity contribution is -0.361. The van der Waals surface area contributed by atoms with Gasteiger partial charge in [-0.1, -0.05) is 23.2 Å². The first-order valence-electron chi connectivity index (χ1n) is 7.60. The molecular formula is C14H19N4O5S+. The third-order valence-electron chi connectivity index (χ3n) is 3.93. The van der Waals surface area contributed by atoms with Gasteiger partial charge in [-0.2, -0.15) is 0 Å². The first-order valence-corrected chi connectivity index (χ1v) is 8.42. The first-order chi connectivity index (χ1) is 11.4. The molecule has 4 unspecified atom stereocenters. The van der Waals surface area contributed by atoms with Crippen molar-refractivity contribution >= 4 is 33.6 Å². The van der Waals surface area contributed by atoms with Crippen LogP contribution in [0.3, 0.4) is 0 Å². The van der Waals surface area contributed by atoms with Crippen LogP contribution in [0.4, 0.5) is 5.95 Å². The molecule has 0 bridgehead atoms. The highest BCUT2D eigenvalue weighted by Gasteiger charge is 2.42. The summed E-state index contributed by atoms with van der Waals surface area (Å²) >= 11 is 0.984. The monoisotopic (exact) mass is 355 g/mol. The van der Waals surface area contributed by atoms with Crippen LogP contribution in [0.1, 0.15) is 32.9 Å². The molecule has 4 N–H and O–H groups in total. The third kappa shape index (κ3) is 2.99. The van der Waals surface area contributed by atoms with Crippen molar-refractivity contribution < 1.29 is 24.4 Å². The smallest absolute Gasteiger partial charge is 0.389 e. The molecule has 0 aliphatic carbocycles. The number of aromatic amines is 1. The SMILES string of the molecule is CCC(OC(C)=O)C1CC(O)C(n2c(=O)sc3c[nH+]c(N)nc32)O1. The molecule has 4 atom stereocenters. The van der Waals surface area contributed by atoms with E-state index in [9.17, 15) is 14.7 Å². The van der Waals surface area contributed by atoms with Gasteiger partial charge >= 0.3 is 16.8 Å². The second kappa shape index (κ2) is 6.46. The highest BCUT2D eigenvalue weighted by atomic mass is 32.1. The van der Waals surface area contributed by atoms with Gasteiger partial charge in [0.05, 0.1) is 12.3 Å². The van der Waals surface area contributed by atoms with Crippen molar-refractivity contribution in [1.29, 1.82) is 0 Å². The molecule has 1 aliphatic heterocycles. The lowest BCUT2D eigenvalue weighted by atomic mass is 10.1. The van der Waals surface area contributed by atoms with E-state index in [1.165, 1.54) is 11.5 Å². The molecule has 0 amide bonds. The number of ether oxygens (including phenoxy) is 2. The molecule has 10 heteroatoms. The molecule has 1 fully saturated rings. The van der Waals surface area contributed by atoms with E-state index >= 15 is 0 Å². The highest BCUT2D eigenvalue weighted by molar-refractivity contribution is 7.16. The van der Waals surface area contributed by atoms with Gasteiger partial charge in [-0.25, -0.2) is 9.55 Å². The normalized spacial score (nSPS) is 25.0. The first kappa shape index (κ1) is 16.8. The van der Waals surface area contributed by atoms with Crippen molar-refractivity contribution in [3.63, 3.8) is 0 Å². The van der Waals surface area contributed by atoms with Gasteiger partial charge in [0.25, 0.3) is 0 Å². The van der Waals surface area contributed by atoms with E-state index in [-0.39, 0.29) is 17.2 Å². The number of H-pyrrole nitrogens is 1. The Morgan fingerprint density at radius 3 is 3.12 bits per heavy atom. The summed E-state index contributed by atoms with van der Waals surface area (Å²) in [6.07, 6.45) is -0.384. The number of esters is 1. The topological polar surface area (TPSA) is 131 Å². The van der Waals surface area contributed by atoms with Crippen LogP contribution in [-0.4, -0.2) is 38.9 Å². The van der Waals surface area contributed by atoms with Crippen molar-refractivity contribution in [1.82, 2.24) is 9.55 Å². The van der Waals surface area contributed by atoms with E-state index in [0.29, 0.717) is 16.8 Å². The summed E-state index contributed by atoms with van der Waals surface area (Å²) in [4.78, 5) is 30.1. The van der Waals surface area contributed by atoms with E-state index < -0.39 is 30.5 Å². The van der Waals surface area contributed by atoms with Gasteiger partial charge in [0.2, 0.25) is 5.65 Å². The van der Waals surface area contributed by atoms with E-state index in [0.717, 1.165) is 11.3 Å². The largest absolute Gasteiger partial charge is 0.460 e. The summed E-state index contributed by atoms with van der Waals surface area (Å²) in [6, 6.07) is 0. The Morgan fingerprint density at radius 1 is 1.71 bits per heavy atom. The fraction of sp³-hybridized carbons (Fsp3) is 0.571. The van der Waals surface area contributed by atoms with Gasteiger partial charge < -0.3 is 14.6 Å². The minimum atomic E-state index is -0.915. The maximum atomic E-state index is 12.3. The van der Waals surface area contributed by atoms with Crippen molar-refractivity contribution in [3.05, 3.63) is 15.9 Å². The van der Waals surface area contributed by atoms with Crippen LogP contribution in [-0.2, 0) is 14.3 Å². The Kier molecular flexibility index (Phi) is 4.52. The number of aliphatic hydroxyl groups excluding tert-OH is 1. The van der Waals surface area contributed by atoms with Gasteiger partial charge in [0.1, 0.15) is 16.9 Å². The maximum Gasteiger partial charge on any atom is 0.389 e. The minimum Gasteiger partial charge on any atom is -0.460 e. The molecule has 9 nitrogen and oxygen atoms in total. The quantitative estimate of drug-likeness (QED) is 0.729. The van der Waals surface area contributed by atoms with E-state index in [2.05, 4.69) is 9.97 Å². The second-order valence-corrected chi connectivity index (χ2v) is 6.63. The number of nitrogen functional groups attached to an aromatic ring is 1. The standard InChI is InChI=1S/C14H18N4O5S/c1-3-8(22-6(2)19)9-4-7(20)12(23-9)18-11-10(24-14(18)21)5-16-13(15)17-11/h5,7-9,12,20H,3-4H2,1-2H3,(H2,15,16,17)/p+1. The summed E-state index contributed by atoms with van der Waals surface area (Å²) in [5.74, 6) is -0.254. The fourth-order valence-corrected chi connectivity index (χ4v) is 3.72. The number of rotatable bonds is 4. The van der Waals surface area contributed by atoms with Crippen LogP contribution in [0, 0.1) is 0 Å². The molecule has 0 saturated carbocycles. The number of anilines is 1. The molecule has 24 heavy (non-hydrogen) atoms. The molecule has 1 aliphatic rings. The minimum absolute atomic E-state index is 0.157. The van der Waals surface area contributed by atoms with Crippen LogP contribution in [0.25, 0.3) is 10.3 Å². The number of thiazole rings is 1. The Labute approximate surface area is 141 Å². The number of hydrogen-bond acceptors (Lipinski definition) is 8. The van der Waals surface area contributed by atoms with Crippen LogP contribution >= 0.6 is 11.3 Å². The van der Waals surface area contributed by atoms with Gasteiger partial charge in [-0.3, -0.25) is 15.3 Å². The lowest BCUT2D eigenvalue weighted by Crippen LogP contribution is -2.31. The van der Waals surface area contributed by atoms with Crippen molar-refractivity contribution in [2.24, 2.45) is 0 Å².